The number of nitrogens with one attached hydrogen (secondary N) is 2. The van der Waals surface area contributed by atoms with Crippen LogP contribution in [-0.4, -0.2) is 12.5 Å². The van der Waals surface area contributed by atoms with Gasteiger partial charge in [0.05, 0.1) is 11.6 Å². The van der Waals surface area contributed by atoms with Gasteiger partial charge >= 0.3 is 0 Å². The van der Waals surface area contributed by atoms with Crippen LogP contribution in [-0.2, 0) is 11.3 Å². The predicted octanol–water partition coefficient (Wildman–Crippen LogP) is 3.33. The maximum Gasteiger partial charge on any atom is 0.225 e. The van der Waals surface area contributed by atoms with Crippen molar-refractivity contribution < 1.29 is 4.79 Å². The molecule has 0 saturated heterocycles. The zero-order valence-corrected chi connectivity index (χ0v) is 12.7. The summed E-state index contributed by atoms with van der Waals surface area (Å²) in [7, 11) is 0. The van der Waals surface area contributed by atoms with Crippen molar-refractivity contribution in [1.82, 2.24) is 5.32 Å². The van der Waals surface area contributed by atoms with Crippen LogP contribution in [0.3, 0.4) is 0 Å². The first-order valence-corrected chi connectivity index (χ1v) is 7.30. The number of halogens is 1. The second-order valence-electron chi connectivity index (χ2n) is 4.79. The summed E-state index contributed by atoms with van der Waals surface area (Å²) in [5.41, 5.74) is 2.28. The van der Waals surface area contributed by atoms with E-state index in [1.54, 1.807) is 24.3 Å². The van der Waals surface area contributed by atoms with E-state index in [-0.39, 0.29) is 5.91 Å². The molecule has 5 heteroatoms. The topological polar surface area (TPSA) is 64.9 Å². The summed E-state index contributed by atoms with van der Waals surface area (Å²) >= 11 is 5.82. The van der Waals surface area contributed by atoms with Crippen LogP contribution < -0.4 is 10.6 Å². The van der Waals surface area contributed by atoms with Gasteiger partial charge in [0, 0.05) is 30.2 Å². The van der Waals surface area contributed by atoms with Crippen molar-refractivity contribution in [3.63, 3.8) is 0 Å². The van der Waals surface area contributed by atoms with E-state index in [4.69, 9.17) is 16.9 Å². The van der Waals surface area contributed by atoms with E-state index < -0.39 is 0 Å². The number of benzene rings is 2. The van der Waals surface area contributed by atoms with Gasteiger partial charge in [0.2, 0.25) is 5.91 Å². The van der Waals surface area contributed by atoms with Crippen molar-refractivity contribution >= 4 is 23.2 Å². The van der Waals surface area contributed by atoms with E-state index >= 15 is 0 Å². The lowest BCUT2D eigenvalue weighted by Gasteiger charge is -2.07. The molecule has 0 saturated carbocycles. The first-order chi connectivity index (χ1) is 10.7. The quantitative estimate of drug-likeness (QED) is 0.804. The first kappa shape index (κ1) is 16.0. The summed E-state index contributed by atoms with van der Waals surface area (Å²) in [5.74, 6) is -0.0845. The molecule has 0 heterocycles. The summed E-state index contributed by atoms with van der Waals surface area (Å²) in [6, 6.07) is 16.5. The van der Waals surface area contributed by atoms with Gasteiger partial charge in [0.25, 0.3) is 0 Å². The van der Waals surface area contributed by atoms with Gasteiger partial charge in [0.15, 0.2) is 0 Å². The predicted molar refractivity (Wildman–Crippen MR) is 87.6 cm³/mol. The Balaban J connectivity index is 1.71. The Morgan fingerprint density at radius 3 is 2.68 bits per heavy atom. The molecule has 0 bridgehead atoms. The zero-order chi connectivity index (χ0) is 15.8. The molecule has 0 aliphatic heterocycles. The summed E-state index contributed by atoms with van der Waals surface area (Å²) in [5, 5.41) is 15.5. The number of nitriles is 1. The highest BCUT2D eigenvalue weighted by Crippen LogP contribution is 2.10. The summed E-state index contributed by atoms with van der Waals surface area (Å²) in [4.78, 5) is 11.8. The Kier molecular flexibility index (Phi) is 5.96. The molecule has 2 rings (SSSR count). The van der Waals surface area contributed by atoms with Gasteiger partial charge in [-0.15, -0.1) is 0 Å². The van der Waals surface area contributed by atoms with Crippen LogP contribution in [0.1, 0.15) is 17.5 Å². The second-order valence-corrected chi connectivity index (χ2v) is 5.23. The number of anilines is 1. The average Bonchev–Trinajstić information content (AvgIpc) is 2.53. The lowest BCUT2D eigenvalue weighted by atomic mass is 10.2. The van der Waals surface area contributed by atoms with E-state index in [9.17, 15) is 4.79 Å². The molecule has 2 aromatic rings. The number of hydrogen-bond acceptors (Lipinski definition) is 3. The number of hydrogen-bond donors (Lipinski definition) is 2. The Bertz CT molecular complexity index is 677. The molecule has 1 amide bonds. The van der Waals surface area contributed by atoms with Crippen LogP contribution in [0.15, 0.2) is 48.5 Å². The molecule has 0 aromatic heterocycles. The molecule has 2 N–H and O–H groups in total. The fourth-order valence-corrected chi connectivity index (χ4v) is 2.05. The fraction of sp³-hybridized carbons (Fsp3) is 0.176. The van der Waals surface area contributed by atoms with Crippen molar-refractivity contribution in [1.29, 1.82) is 5.26 Å². The maximum absolute atomic E-state index is 11.8. The zero-order valence-electron chi connectivity index (χ0n) is 12.0. The standard InChI is InChI=1S/C17H16ClN3O/c18-15-6-4-13(5-7-15)12-20-9-8-17(22)21-16-3-1-2-14(10-16)11-19/h1-7,10,20H,8-9,12H2,(H,21,22). The minimum atomic E-state index is -0.0845. The second kappa shape index (κ2) is 8.18. The minimum Gasteiger partial charge on any atom is -0.326 e. The molecule has 0 fully saturated rings. The Labute approximate surface area is 134 Å². The monoisotopic (exact) mass is 313 g/mol. The van der Waals surface area contributed by atoms with Gasteiger partial charge in [-0.3, -0.25) is 4.79 Å². The van der Waals surface area contributed by atoms with E-state index in [0.29, 0.717) is 35.8 Å². The van der Waals surface area contributed by atoms with Crippen LogP contribution in [0.25, 0.3) is 0 Å². The lowest BCUT2D eigenvalue weighted by molar-refractivity contribution is -0.116. The van der Waals surface area contributed by atoms with E-state index in [2.05, 4.69) is 10.6 Å². The third kappa shape index (κ3) is 5.21. The molecule has 0 aliphatic carbocycles. The molecule has 0 aliphatic rings. The molecule has 112 valence electrons. The molecule has 2 aromatic carbocycles. The largest absolute Gasteiger partial charge is 0.326 e. The van der Waals surface area contributed by atoms with Gasteiger partial charge < -0.3 is 10.6 Å². The average molecular weight is 314 g/mol. The van der Waals surface area contributed by atoms with Gasteiger partial charge in [-0.1, -0.05) is 29.8 Å². The van der Waals surface area contributed by atoms with Crippen LogP contribution >= 0.6 is 11.6 Å². The van der Waals surface area contributed by atoms with Gasteiger partial charge in [-0.25, -0.2) is 0 Å². The van der Waals surface area contributed by atoms with Crippen LogP contribution in [0, 0.1) is 11.3 Å². The number of carbonyl (C=O) groups excluding carboxylic acids is 1. The highest BCUT2D eigenvalue weighted by molar-refractivity contribution is 6.30. The highest BCUT2D eigenvalue weighted by atomic mass is 35.5. The van der Waals surface area contributed by atoms with E-state index in [1.807, 2.05) is 30.3 Å². The van der Waals surface area contributed by atoms with Crippen LogP contribution in [0.5, 0.6) is 0 Å². The van der Waals surface area contributed by atoms with E-state index in [1.165, 1.54) is 0 Å². The first-order valence-electron chi connectivity index (χ1n) is 6.92. The normalized spacial score (nSPS) is 10.0. The van der Waals surface area contributed by atoms with Gasteiger partial charge in [-0.2, -0.15) is 5.26 Å². The molecular weight excluding hydrogens is 298 g/mol. The van der Waals surface area contributed by atoms with Crippen molar-refractivity contribution in [2.45, 2.75) is 13.0 Å². The Morgan fingerprint density at radius 2 is 1.95 bits per heavy atom. The Morgan fingerprint density at radius 1 is 1.18 bits per heavy atom. The molecule has 0 spiro atoms. The smallest absolute Gasteiger partial charge is 0.225 e. The van der Waals surface area contributed by atoms with Crippen molar-refractivity contribution in [3.8, 4) is 6.07 Å². The molecule has 0 radical (unpaired) electrons. The molecular formula is C17H16ClN3O. The lowest BCUT2D eigenvalue weighted by Crippen LogP contribution is -2.21. The molecule has 4 nitrogen and oxygen atoms in total. The van der Waals surface area contributed by atoms with Crippen molar-refractivity contribution in [2.24, 2.45) is 0 Å². The van der Waals surface area contributed by atoms with E-state index in [0.717, 1.165) is 5.56 Å². The van der Waals surface area contributed by atoms with Crippen molar-refractivity contribution in [2.75, 3.05) is 11.9 Å². The molecule has 22 heavy (non-hydrogen) atoms. The third-order valence-corrected chi connectivity index (χ3v) is 3.30. The summed E-state index contributed by atoms with van der Waals surface area (Å²) in [6.45, 7) is 1.26. The minimum absolute atomic E-state index is 0.0845. The Hall–Kier alpha value is -2.35. The van der Waals surface area contributed by atoms with Gasteiger partial charge in [0.1, 0.15) is 0 Å². The van der Waals surface area contributed by atoms with Crippen LogP contribution in [0.2, 0.25) is 5.02 Å². The molecule has 0 unspecified atom stereocenters. The highest BCUT2D eigenvalue weighted by Gasteiger charge is 2.03. The molecule has 0 atom stereocenters. The van der Waals surface area contributed by atoms with Gasteiger partial charge in [-0.05, 0) is 35.9 Å². The van der Waals surface area contributed by atoms with Crippen LogP contribution in [0.4, 0.5) is 5.69 Å². The summed E-state index contributed by atoms with van der Waals surface area (Å²) < 4.78 is 0. The third-order valence-electron chi connectivity index (χ3n) is 3.05. The van der Waals surface area contributed by atoms with Crippen molar-refractivity contribution in [3.05, 3.63) is 64.7 Å². The SMILES string of the molecule is N#Cc1cccc(NC(=O)CCNCc2ccc(Cl)cc2)c1. The number of nitrogens with zero attached hydrogens (tertiary/aromatic N) is 1. The maximum atomic E-state index is 11.8. The summed E-state index contributed by atoms with van der Waals surface area (Å²) in [6.07, 6.45) is 0.365. The number of rotatable bonds is 6. The number of amides is 1. The fourth-order valence-electron chi connectivity index (χ4n) is 1.93. The number of carbonyl (C=O) groups is 1.